The average Bonchev–Trinajstić information content (AvgIpc) is 3.14. The van der Waals surface area contributed by atoms with Gasteiger partial charge >= 0.3 is 11.9 Å². The molecule has 3 N–H and O–H groups in total. The molecular formula is C18H27NO7. The molecule has 2 fully saturated rings. The first-order valence-corrected chi connectivity index (χ1v) is 9.01. The van der Waals surface area contributed by atoms with E-state index < -0.39 is 41.3 Å². The second kappa shape index (κ2) is 6.60. The molecule has 3 aliphatic rings. The largest absolute Gasteiger partial charge is 0.459 e. The summed E-state index contributed by atoms with van der Waals surface area (Å²) in [6, 6.07) is -0.216. The maximum atomic E-state index is 12.7. The van der Waals surface area contributed by atoms with E-state index in [4.69, 9.17) is 9.47 Å². The molecule has 0 aromatic heterocycles. The lowest BCUT2D eigenvalue weighted by molar-refractivity contribution is -0.193. The summed E-state index contributed by atoms with van der Waals surface area (Å²) >= 11 is 0. The molecule has 2 saturated heterocycles. The molecule has 3 rings (SSSR count). The van der Waals surface area contributed by atoms with Gasteiger partial charge in [0.25, 0.3) is 0 Å². The number of hydrogen-bond donors (Lipinski definition) is 3. The molecule has 26 heavy (non-hydrogen) atoms. The monoisotopic (exact) mass is 369 g/mol. The van der Waals surface area contributed by atoms with Crippen LogP contribution in [0.3, 0.4) is 0 Å². The van der Waals surface area contributed by atoms with E-state index in [0.29, 0.717) is 13.0 Å². The highest BCUT2D eigenvalue weighted by molar-refractivity contribution is 5.82. The van der Waals surface area contributed by atoms with Crippen LogP contribution in [0, 0.1) is 5.92 Å². The normalized spacial score (nSPS) is 42.8. The van der Waals surface area contributed by atoms with E-state index in [1.165, 1.54) is 20.8 Å². The Hall–Kier alpha value is -1.48. The van der Waals surface area contributed by atoms with Gasteiger partial charge in [0.1, 0.15) is 12.7 Å². The lowest BCUT2D eigenvalue weighted by Gasteiger charge is -2.37. The fourth-order valence-corrected chi connectivity index (χ4v) is 3.95. The van der Waals surface area contributed by atoms with Crippen LogP contribution in [0.5, 0.6) is 0 Å². The Morgan fingerprint density at radius 1 is 1.31 bits per heavy atom. The van der Waals surface area contributed by atoms with Crippen molar-refractivity contribution in [2.75, 3.05) is 19.7 Å². The average molecular weight is 369 g/mol. The SMILES string of the molecule is C[C@@H]1C[C@](O)([C@H](C)O)C(=O)O[C@@H]2CCN3CC=C(COC(=O)[C@]1(C)O)[C@@H]23. The van der Waals surface area contributed by atoms with Crippen LogP contribution in [-0.2, 0) is 19.1 Å². The Balaban J connectivity index is 1.97. The number of aliphatic hydroxyl groups excluding tert-OH is 1. The van der Waals surface area contributed by atoms with Crippen LogP contribution in [0.4, 0.5) is 0 Å². The summed E-state index contributed by atoms with van der Waals surface area (Å²) in [6.45, 7) is 5.50. The molecule has 0 spiro atoms. The van der Waals surface area contributed by atoms with Crippen LogP contribution in [0.2, 0.25) is 0 Å². The fraction of sp³-hybridized carbons (Fsp3) is 0.778. The molecule has 0 aromatic rings. The van der Waals surface area contributed by atoms with E-state index >= 15 is 0 Å². The van der Waals surface area contributed by atoms with Crippen molar-refractivity contribution in [1.29, 1.82) is 0 Å². The van der Waals surface area contributed by atoms with Crippen LogP contribution in [0.15, 0.2) is 11.6 Å². The van der Waals surface area contributed by atoms with Crippen molar-refractivity contribution in [1.82, 2.24) is 4.90 Å². The lowest BCUT2D eigenvalue weighted by Crippen LogP contribution is -2.56. The van der Waals surface area contributed by atoms with Gasteiger partial charge in [-0.3, -0.25) is 4.90 Å². The fourth-order valence-electron chi connectivity index (χ4n) is 3.95. The minimum absolute atomic E-state index is 0.0254. The standard InChI is InChI=1S/C18H27NO7/c1-10-8-18(24,11(2)20)16(22)26-13-5-7-19-6-4-12(14(13)19)9-25-15(21)17(10,3)23/h4,10-11,13-14,20,23-24H,5-9H2,1-3H3/t10-,11+,13-,14+,17-,18+/m1/s1. The van der Waals surface area contributed by atoms with Crippen LogP contribution >= 0.6 is 0 Å². The van der Waals surface area contributed by atoms with Crippen molar-refractivity contribution < 1.29 is 34.4 Å². The van der Waals surface area contributed by atoms with Crippen LogP contribution in [0.1, 0.15) is 33.6 Å². The van der Waals surface area contributed by atoms with Crippen LogP contribution in [-0.4, -0.2) is 81.3 Å². The van der Waals surface area contributed by atoms with E-state index in [9.17, 15) is 24.9 Å². The minimum atomic E-state index is -2.22. The molecular weight excluding hydrogens is 342 g/mol. The summed E-state index contributed by atoms with van der Waals surface area (Å²) in [5, 5.41) is 31.5. The van der Waals surface area contributed by atoms with Crippen molar-refractivity contribution in [3.63, 3.8) is 0 Å². The van der Waals surface area contributed by atoms with Gasteiger partial charge in [0.05, 0.1) is 12.1 Å². The first-order chi connectivity index (χ1) is 12.1. The predicted molar refractivity (Wildman–Crippen MR) is 89.9 cm³/mol. The van der Waals surface area contributed by atoms with Crippen molar-refractivity contribution in [2.24, 2.45) is 5.92 Å². The summed E-state index contributed by atoms with van der Waals surface area (Å²) in [4.78, 5) is 27.3. The first kappa shape index (κ1) is 19.3. The number of carbonyl (C=O) groups is 2. The molecule has 0 unspecified atom stereocenters. The molecule has 0 aliphatic carbocycles. The third-order valence-corrected chi connectivity index (χ3v) is 6.08. The topological polar surface area (TPSA) is 117 Å². The van der Waals surface area contributed by atoms with E-state index in [2.05, 4.69) is 4.90 Å². The minimum Gasteiger partial charge on any atom is -0.459 e. The molecule has 3 heterocycles. The van der Waals surface area contributed by atoms with Crippen molar-refractivity contribution in [3.05, 3.63) is 11.6 Å². The Morgan fingerprint density at radius 3 is 2.65 bits per heavy atom. The molecule has 8 heteroatoms. The summed E-state index contributed by atoms with van der Waals surface area (Å²) in [6.07, 6.45) is 0.293. The summed E-state index contributed by atoms with van der Waals surface area (Å²) < 4.78 is 10.9. The number of cyclic esters (lactones) is 1. The lowest BCUT2D eigenvalue weighted by atomic mass is 9.79. The molecule has 0 aromatic carbocycles. The number of esters is 2. The summed E-state index contributed by atoms with van der Waals surface area (Å²) in [5.41, 5.74) is -3.33. The third kappa shape index (κ3) is 3.05. The maximum Gasteiger partial charge on any atom is 0.341 e. The number of rotatable bonds is 1. The molecule has 0 bridgehead atoms. The molecule has 8 nitrogen and oxygen atoms in total. The maximum absolute atomic E-state index is 12.7. The molecule has 0 radical (unpaired) electrons. The first-order valence-electron chi connectivity index (χ1n) is 9.01. The highest BCUT2D eigenvalue weighted by Crippen LogP contribution is 2.36. The van der Waals surface area contributed by atoms with Crippen molar-refractivity contribution in [3.8, 4) is 0 Å². The smallest absolute Gasteiger partial charge is 0.341 e. The zero-order valence-corrected chi connectivity index (χ0v) is 15.3. The van der Waals surface area contributed by atoms with Gasteiger partial charge in [-0.15, -0.1) is 0 Å². The van der Waals surface area contributed by atoms with Gasteiger partial charge in [-0.25, -0.2) is 9.59 Å². The molecule has 0 amide bonds. The highest BCUT2D eigenvalue weighted by Gasteiger charge is 2.52. The Bertz CT molecular complexity index is 629. The van der Waals surface area contributed by atoms with Crippen LogP contribution < -0.4 is 0 Å². The Labute approximate surface area is 152 Å². The predicted octanol–water partition coefficient (Wildman–Crippen LogP) is -0.642. The van der Waals surface area contributed by atoms with Gasteiger partial charge in [-0.1, -0.05) is 13.0 Å². The third-order valence-electron chi connectivity index (χ3n) is 6.08. The van der Waals surface area contributed by atoms with Gasteiger partial charge in [0, 0.05) is 13.1 Å². The zero-order chi connectivity index (χ0) is 19.3. The number of aliphatic hydroxyl groups is 3. The second-order valence-electron chi connectivity index (χ2n) is 7.88. The summed E-state index contributed by atoms with van der Waals surface area (Å²) in [5.74, 6) is -2.60. The molecule has 0 saturated carbocycles. The van der Waals surface area contributed by atoms with E-state index in [-0.39, 0.29) is 19.1 Å². The number of carbonyl (C=O) groups excluding carboxylic acids is 2. The van der Waals surface area contributed by atoms with Gasteiger partial charge in [-0.05, 0) is 38.2 Å². The van der Waals surface area contributed by atoms with Crippen molar-refractivity contribution in [2.45, 2.75) is 63.1 Å². The highest BCUT2D eigenvalue weighted by atomic mass is 16.6. The van der Waals surface area contributed by atoms with Crippen molar-refractivity contribution >= 4 is 11.9 Å². The molecule has 3 aliphatic heterocycles. The molecule has 146 valence electrons. The Morgan fingerprint density at radius 2 is 2.00 bits per heavy atom. The van der Waals surface area contributed by atoms with Gasteiger partial charge in [0.15, 0.2) is 11.2 Å². The molecule has 6 atom stereocenters. The van der Waals surface area contributed by atoms with E-state index in [1.807, 2.05) is 6.08 Å². The number of hydrogen-bond acceptors (Lipinski definition) is 8. The van der Waals surface area contributed by atoms with Crippen LogP contribution in [0.25, 0.3) is 0 Å². The van der Waals surface area contributed by atoms with Gasteiger partial charge in [0.2, 0.25) is 0 Å². The second-order valence-corrected chi connectivity index (χ2v) is 7.88. The van der Waals surface area contributed by atoms with Gasteiger partial charge in [-0.2, -0.15) is 0 Å². The van der Waals surface area contributed by atoms with Gasteiger partial charge < -0.3 is 24.8 Å². The summed E-state index contributed by atoms with van der Waals surface area (Å²) in [7, 11) is 0. The number of ether oxygens (including phenoxy) is 2. The quantitative estimate of drug-likeness (QED) is 0.413. The zero-order valence-electron chi connectivity index (χ0n) is 15.3. The number of nitrogens with zero attached hydrogens (tertiary/aromatic N) is 1. The Kier molecular flexibility index (Phi) is 4.89. The van der Waals surface area contributed by atoms with E-state index in [1.54, 1.807) is 0 Å². The van der Waals surface area contributed by atoms with E-state index in [0.717, 1.165) is 12.1 Å².